The number of rotatable bonds is 89. The molecule has 636 valence electrons. The molecule has 107 heavy (non-hydrogen) atoms. The molecule has 0 rings (SSSR count). The van der Waals surface area contributed by atoms with Crippen molar-refractivity contribution in [3.05, 3.63) is 0 Å². The topological polar surface area (TPSA) is 237 Å². The average molecular weight is 1560 g/mol. The highest BCUT2D eigenvalue weighted by molar-refractivity contribution is 7.47. The third kappa shape index (κ3) is 81.9. The predicted octanol–water partition coefficient (Wildman–Crippen LogP) is 27.3. The highest BCUT2D eigenvalue weighted by Crippen LogP contribution is 2.45. The summed E-state index contributed by atoms with van der Waals surface area (Å²) >= 11 is 0. The number of hydrogen-bond acceptors (Lipinski definition) is 15. The Hall–Kier alpha value is -1.94. The lowest BCUT2D eigenvalue weighted by Crippen LogP contribution is -2.30. The molecule has 0 bridgehead atoms. The molecule has 0 aromatic rings. The molecule has 0 heterocycles. The van der Waals surface area contributed by atoms with Gasteiger partial charge in [-0.3, -0.25) is 37.3 Å². The zero-order valence-electron chi connectivity index (χ0n) is 70.1. The summed E-state index contributed by atoms with van der Waals surface area (Å²) in [5.74, 6) is -2.10. The molecule has 0 saturated heterocycles. The number of phosphoric acid groups is 2. The van der Waals surface area contributed by atoms with Gasteiger partial charge in [0.2, 0.25) is 0 Å². The first-order chi connectivity index (χ1) is 52.2. The van der Waals surface area contributed by atoms with E-state index in [4.69, 9.17) is 37.0 Å². The quantitative estimate of drug-likeness (QED) is 0.0222. The third-order valence-corrected chi connectivity index (χ3v) is 22.8. The van der Waals surface area contributed by atoms with Crippen LogP contribution in [-0.2, 0) is 65.4 Å². The zero-order valence-corrected chi connectivity index (χ0v) is 71.9. The van der Waals surface area contributed by atoms with Crippen molar-refractivity contribution in [3.63, 3.8) is 0 Å². The monoisotopic (exact) mass is 1560 g/mol. The summed E-state index contributed by atoms with van der Waals surface area (Å²) in [6.07, 6.45) is 77.8. The number of ether oxygens (including phenoxy) is 4. The fourth-order valence-electron chi connectivity index (χ4n) is 13.9. The molecule has 0 aliphatic carbocycles. The molecule has 5 atom stereocenters. The van der Waals surface area contributed by atoms with E-state index in [0.29, 0.717) is 25.7 Å². The van der Waals surface area contributed by atoms with Gasteiger partial charge >= 0.3 is 39.5 Å². The van der Waals surface area contributed by atoms with Crippen LogP contribution in [0.5, 0.6) is 0 Å². The summed E-state index contributed by atoms with van der Waals surface area (Å²) in [6.45, 7) is 5.06. The van der Waals surface area contributed by atoms with Crippen LogP contribution in [0.1, 0.15) is 484 Å². The summed E-state index contributed by atoms with van der Waals surface area (Å²) in [6, 6.07) is 0. The van der Waals surface area contributed by atoms with Crippen molar-refractivity contribution in [3.8, 4) is 0 Å². The van der Waals surface area contributed by atoms with Gasteiger partial charge in [0.05, 0.1) is 26.4 Å². The lowest BCUT2D eigenvalue weighted by molar-refractivity contribution is -0.161. The highest BCUT2D eigenvalue weighted by Gasteiger charge is 2.30. The summed E-state index contributed by atoms with van der Waals surface area (Å²) in [7, 11) is -9.93. The van der Waals surface area contributed by atoms with E-state index in [1.54, 1.807) is 0 Å². The van der Waals surface area contributed by atoms with Crippen LogP contribution in [0.2, 0.25) is 0 Å². The van der Waals surface area contributed by atoms with Crippen LogP contribution in [0.15, 0.2) is 0 Å². The average Bonchev–Trinajstić information content (AvgIpc) is 0.901. The number of unbranched alkanes of at least 4 members (excludes halogenated alkanes) is 63. The summed E-state index contributed by atoms with van der Waals surface area (Å²) < 4.78 is 69.0. The molecule has 0 aromatic heterocycles. The molecule has 17 nitrogen and oxygen atoms in total. The van der Waals surface area contributed by atoms with E-state index in [2.05, 4.69) is 27.7 Å². The maximum absolute atomic E-state index is 13.2. The highest BCUT2D eigenvalue weighted by atomic mass is 31.2. The number of phosphoric ester groups is 2. The smallest absolute Gasteiger partial charge is 0.462 e. The van der Waals surface area contributed by atoms with Crippen LogP contribution in [0.4, 0.5) is 0 Å². The molecular weight excluding hydrogens is 1390 g/mol. The van der Waals surface area contributed by atoms with E-state index in [9.17, 15) is 43.2 Å². The van der Waals surface area contributed by atoms with Gasteiger partial charge in [0.25, 0.3) is 0 Å². The Labute approximate surface area is 658 Å². The Morgan fingerprint density at radius 3 is 0.551 bits per heavy atom. The van der Waals surface area contributed by atoms with Gasteiger partial charge in [-0.15, -0.1) is 0 Å². The molecule has 0 spiro atoms. The molecule has 19 heteroatoms. The minimum Gasteiger partial charge on any atom is -0.462 e. The van der Waals surface area contributed by atoms with E-state index in [-0.39, 0.29) is 25.7 Å². The standard InChI is InChI=1S/C88H172O17P2/c1-5-9-13-17-21-25-29-32-35-38-40-42-45-47-50-53-57-61-65-69-73-86(91)99-79-84(105-88(93)75-71-67-63-59-55-52-49-46-43-41-39-36-33-30-26-22-18-14-10-6-2)81-103-107(96,97)101-77-82(89)76-100-106(94,95)102-80-83(78-98-85(90)72-68-64-60-56-28-24-20-16-12-8-4)104-87(92)74-70-66-62-58-54-51-48-44-37-34-31-27-23-19-15-11-7-3/h82-84,89H,5-81H2,1-4H3,(H,94,95)(H,96,97)/t82-,83+,84+/m0/s1. The molecule has 0 saturated carbocycles. The Kier molecular flexibility index (Phi) is 80.6. The number of carbonyl (C=O) groups excluding carboxylic acids is 4. The van der Waals surface area contributed by atoms with Gasteiger partial charge in [0.15, 0.2) is 12.2 Å². The normalized spacial score (nSPS) is 13.7. The van der Waals surface area contributed by atoms with E-state index in [0.717, 1.165) is 89.9 Å². The van der Waals surface area contributed by atoms with Gasteiger partial charge in [-0.25, -0.2) is 9.13 Å². The second-order valence-corrected chi connectivity index (χ2v) is 34.5. The SMILES string of the molecule is CCCCCCCCCCCCCCCCCCCCCCC(=O)OC[C@H](COP(=O)(O)OC[C@@H](O)COP(=O)(O)OC[C@@H](COC(=O)CCCCCCCCCCCC)OC(=O)CCCCCCCCCCCCCCCCCCC)OC(=O)CCCCCCCCCCCCCCCCCCCCCC. The van der Waals surface area contributed by atoms with Crippen molar-refractivity contribution in [1.82, 2.24) is 0 Å². The second-order valence-electron chi connectivity index (χ2n) is 31.6. The van der Waals surface area contributed by atoms with Crippen molar-refractivity contribution < 1.29 is 80.2 Å². The molecular formula is C88H172O17P2. The molecule has 0 aliphatic heterocycles. The number of aliphatic hydroxyl groups is 1. The van der Waals surface area contributed by atoms with Crippen LogP contribution in [-0.4, -0.2) is 96.7 Å². The fraction of sp³-hybridized carbons (Fsp3) is 0.955. The van der Waals surface area contributed by atoms with Crippen molar-refractivity contribution in [2.24, 2.45) is 0 Å². The Morgan fingerprint density at radius 1 is 0.224 bits per heavy atom. The van der Waals surface area contributed by atoms with E-state index < -0.39 is 97.5 Å². The first-order valence-electron chi connectivity index (χ1n) is 45.8. The van der Waals surface area contributed by atoms with Gasteiger partial charge in [-0.05, 0) is 25.7 Å². The van der Waals surface area contributed by atoms with E-state index in [1.807, 2.05) is 0 Å². The molecule has 2 unspecified atom stereocenters. The fourth-order valence-corrected chi connectivity index (χ4v) is 15.5. The Bertz CT molecular complexity index is 2020. The molecule has 0 amide bonds. The number of carbonyl (C=O) groups is 4. The number of aliphatic hydroxyl groups excluding tert-OH is 1. The van der Waals surface area contributed by atoms with E-state index in [1.165, 1.54) is 315 Å². The minimum absolute atomic E-state index is 0.109. The lowest BCUT2D eigenvalue weighted by Gasteiger charge is -2.21. The van der Waals surface area contributed by atoms with Gasteiger partial charge < -0.3 is 33.8 Å². The number of hydrogen-bond donors (Lipinski definition) is 3. The Balaban J connectivity index is 5.21. The first kappa shape index (κ1) is 105. The number of esters is 4. The third-order valence-electron chi connectivity index (χ3n) is 20.9. The maximum atomic E-state index is 13.2. The van der Waals surface area contributed by atoms with Crippen LogP contribution in [0.25, 0.3) is 0 Å². The van der Waals surface area contributed by atoms with Crippen LogP contribution >= 0.6 is 15.6 Å². The minimum atomic E-state index is -4.97. The molecule has 0 fully saturated rings. The summed E-state index contributed by atoms with van der Waals surface area (Å²) in [4.78, 5) is 73.3. The second kappa shape index (κ2) is 82.1. The van der Waals surface area contributed by atoms with Crippen LogP contribution in [0.3, 0.4) is 0 Å². The van der Waals surface area contributed by atoms with Crippen molar-refractivity contribution in [2.45, 2.75) is 502 Å². The lowest BCUT2D eigenvalue weighted by atomic mass is 10.0. The van der Waals surface area contributed by atoms with Crippen molar-refractivity contribution in [1.29, 1.82) is 0 Å². The molecule has 3 N–H and O–H groups in total. The van der Waals surface area contributed by atoms with Crippen molar-refractivity contribution >= 4 is 39.5 Å². The van der Waals surface area contributed by atoms with Crippen LogP contribution < -0.4 is 0 Å². The summed E-state index contributed by atoms with van der Waals surface area (Å²) in [5.41, 5.74) is 0. The summed E-state index contributed by atoms with van der Waals surface area (Å²) in [5, 5.41) is 10.7. The van der Waals surface area contributed by atoms with Gasteiger partial charge in [0, 0.05) is 25.7 Å². The molecule has 0 radical (unpaired) electrons. The maximum Gasteiger partial charge on any atom is 0.472 e. The predicted molar refractivity (Wildman–Crippen MR) is 442 cm³/mol. The van der Waals surface area contributed by atoms with E-state index >= 15 is 0 Å². The molecule has 0 aromatic carbocycles. The van der Waals surface area contributed by atoms with Gasteiger partial charge in [-0.1, -0.05) is 432 Å². The van der Waals surface area contributed by atoms with Crippen molar-refractivity contribution in [2.75, 3.05) is 39.6 Å². The zero-order chi connectivity index (χ0) is 78.1. The van der Waals surface area contributed by atoms with Crippen LogP contribution in [0, 0.1) is 0 Å². The van der Waals surface area contributed by atoms with Gasteiger partial charge in [0.1, 0.15) is 19.3 Å². The Morgan fingerprint density at radius 2 is 0.374 bits per heavy atom. The largest absolute Gasteiger partial charge is 0.472 e. The van der Waals surface area contributed by atoms with Gasteiger partial charge in [-0.2, -0.15) is 0 Å². The first-order valence-corrected chi connectivity index (χ1v) is 48.8. The molecule has 0 aliphatic rings.